The van der Waals surface area contributed by atoms with Crippen LogP contribution in [0.4, 0.5) is 0 Å². The predicted octanol–water partition coefficient (Wildman–Crippen LogP) is 4.97. The van der Waals surface area contributed by atoms with Gasteiger partial charge in [0.2, 0.25) is 0 Å². The van der Waals surface area contributed by atoms with Crippen molar-refractivity contribution in [3.05, 3.63) is 12.2 Å². The highest BCUT2D eigenvalue weighted by atomic mass is 16.5. The third-order valence-electron chi connectivity index (χ3n) is 4.26. The van der Waals surface area contributed by atoms with Crippen LogP contribution in [0.3, 0.4) is 0 Å². The van der Waals surface area contributed by atoms with Gasteiger partial charge in [0.25, 0.3) is 0 Å². The first-order valence-corrected chi connectivity index (χ1v) is 9.90. The zero-order valence-corrected chi connectivity index (χ0v) is 15.6. The summed E-state index contributed by atoms with van der Waals surface area (Å²) < 4.78 is 5.22. The molecule has 0 aromatic rings. The highest BCUT2D eigenvalue weighted by Gasteiger charge is 2.10. The van der Waals surface area contributed by atoms with Crippen molar-refractivity contribution in [1.29, 1.82) is 0 Å². The van der Waals surface area contributed by atoms with Crippen molar-refractivity contribution in [3.63, 3.8) is 0 Å². The highest BCUT2D eigenvalue weighted by molar-refractivity contribution is 4.93. The van der Waals surface area contributed by atoms with Gasteiger partial charge in [-0.3, -0.25) is 0 Å². The Bertz CT molecular complexity index is 256. The van der Waals surface area contributed by atoms with E-state index in [-0.39, 0.29) is 6.04 Å². The van der Waals surface area contributed by atoms with Crippen LogP contribution >= 0.6 is 0 Å². The van der Waals surface area contributed by atoms with Gasteiger partial charge in [-0.15, -0.1) is 0 Å². The van der Waals surface area contributed by atoms with Crippen molar-refractivity contribution >= 4 is 0 Å². The van der Waals surface area contributed by atoms with E-state index >= 15 is 0 Å². The Morgan fingerprint density at radius 1 is 0.870 bits per heavy atom. The topological polar surface area (TPSA) is 55.5 Å². The summed E-state index contributed by atoms with van der Waals surface area (Å²) in [7, 11) is 0. The van der Waals surface area contributed by atoms with Crippen molar-refractivity contribution in [1.82, 2.24) is 0 Å². The molecule has 0 saturated heterocycles. The number of hydrogen-bond acceptors (Lipinski definition) is 3. The van der Waals surface area contributed by atoms with E-state index in [2.05, 4.69) is 13.0 Å². The predicted molar refractivity (Wildman–Crippen MR) is 101 cm³/mol. The third-order valence-corrected chi connectivity index (χ3v) is 4.26. The Labute approximate surface area is 144 Å². The van der Waals surface area contributed by atoms with E-state index in [4.69, 9.17) is 10.5 Å². The molecule has 0 rings (SSSR count). The summed E-state index contributed by atoms with van der Waals surface area (Å²) in [6, 6.07) is -0.316. The van der Waals surface area contributed by atoms with E-state index in [0.29, 0.717) is 13.2 Å². The van der Waals surface area contributed by atoms with Gasteiger partial charge in [-0.25, -0.2) is 0 Å². The van der Waals surface area contributed by atoms with Gasteiger partial charge in [-0.2, -0.15) is 0 Å². The summed E-state index contributed by atoms with van der Waals surface area (Å²) in [6.45, 7) is 5.26. The molecule has 0 bridgehead atoms. The molecule has 0 heterocycles. The lowest BCUT2D eigenvalue weighted by molar-refractivity contribution is 0.0880. The van der Waals surface area contributed by atoms with Gasteiger partial charge in [0.15, 0.2) is 0 Å². The van der Waals surface area contributed by atoms with Crippen LogP contribution in [0.1, 0.15) is 90.9 Å². The third kappa shape index (κ3) is 16.3. The summed E-state index contributed by atoms with van der Waals surface area (Å²) >= 11 is 0. The van der Waals surface area contributed by atoms with Crippen molar-refractivity contribution in [2.75, 3.05) is 13.2 Å². The molecule has 3 heteroatoms. The second kappa shape index (κ2) is 18.0. The summed E-state index contributed by atoms with van der Waals surface area (Å²) in [6.07, 6.45) is 19.4. The summed E-state index contributed by atoms with van der Waals surface area (Å²) in [5, 5.41) is 9.83. The van der Waals surface area contributed by atoms with Crippen LogP contribution in [0.15, 0.2) is 12.2 Å². The fourth-order valence-electron chi connectivity index (χ4n) is 2.66. The molecule has 0 amide bonds. The van der Waals surface area contributed by atoms with E-state index in [1.165, 1.54) is 70.6 Å². The number of aliphatic hydroxyl groups is 1. The van der Waals surface area contributed by atoms with Gasteiger partial charge in [0, 0.05) is 6.61 Å². The van der Waals surface area contributed by atoms with Crippen LogP contribution in [0.5, 0.6) is 0 Å². The molecule has 2 atom stereocenters. The van der Waals surface area contributed by atoms with Crippen LogP contribution in [-0.4, -0.2) is 30.5 Å². The van der Waals surface area contributed by atoms with Crippen LogP contribution in [0, 0.1) is 0 Å². The second-order valence-corrected chi connectivity index (χ2v) is 6.57. The Morgan fingerprint density at radius 2 is 1.39 bits per heavy atom. The molecule has 0 aromatic heterocycles. The lowest BCUT2D eigenvalue weighted by atomic mass is 10.0. The second-order valence-electron chi connectivity index (χ2n) is 6.57. The van der Waals surface area contributed by atoms with Gasteiger partial charge < -0.3 is 15.6 Å². The van der Waals surface area contributed by atoms with Crippen LogP contribution in [-0.2, 0) is 4.74 Å². The molecule has 0 spiro atoms. The maximum atomic E-state index is 9.83. The van der Waals surface area contributed by atoms with E-state index in [9.17, 15) is 5.11 Å². The van der Waals surface area contributed by atoms with Crippen molar-refractivity contribution in [3.8, 4) is 0 Å². The summed E-state index contributed by atoms with van der Waals surface area (Å²) in [4.78, 5) is 0. The van der Waals surface area contributed by atoms with Gasteiger partial charge in [0.05, 0.1) is 18.8 Å². The molecule has 0 aliphatic heterocycles. The summed E-state index contributed by atoms with van der Waals surface area (Å²) in [5.41, 5.74) is 5.82. The first kappa shape index (κ1) is 22.6. The number of ether oxygens (including phenoxy) is 1. The maximum Gasteiger partial charge on any atom is 0.0894 e. The monoisotopic (exact) mass is 327 g/mol. The zero-order valence-electron chi connectivity index (χ0n) is 15.6. The highest BCUT2D eigenvalue weighted by Crippen LogP contribution is 2.12. The van der Waals surface area contributed by atoms with Crippen LogP contribution in [0.2, 0.25) is 0 Å². The van der Waals surface area contributed by atoms with Crippen molar-refractivity contribution in [2.24, 2.45) is 5.73 Å². The number of rotatable bonds is 17. The average Bonchev–Trinajstić information content (AvgIpc) is 2.56. The minimum absolute atomic E-state index is 0.316. The Kier molecular flexibility index (Phi) is 17.7. The smallest absolute Gasteiger partial charge is 0.0894 e. The minimum atomic E-state index is -0.589. The average molecular weight is 328 g/mol. The first-order chi connectivity index (χ1) is 11.2. The molecule has 0 saturated carbocycles. The molecule has 3 N–H and O–H groups in total. The summed E-state index contributed by atoms with van der Waals surface area (Å²) in [5.74, 6) is 0. The molecule has 0 aliphatic rings. The number of hydrogen-bond donors (Lipinski definition) is 2. The van der Waals surface area contributed by atoms with Crippen molar-refractivity contribution < 1.29 is 9.84 Å². The van der Waals surface area contributed by atoms with Gasteiger partial charge in [0.1, 0.15) is 0 Å². The van der Waals surface area contributed by atoms with E-state index in [0.717, 1.165) is 6.42 Å². The molecule has 0 aromatic carbocycles. The maximum absolute atomic E-state index is 9.83. The molecule has 0 unspecified atom stereocenters. The fraction of sp³-hybridized carbons (Fsp3) is 0.900. The van der Waals surface area contributed by atoms with E-state index < -0.39 is 6.10 Å². The normalized spacial score (nSPS) is 14.4. The van der Waals surface area contributed by atoms with Crippen molar-refractivity contribution in [2.45, 2.75) is 103 Å². The van der Waals surface area contributed by atoms with Gasteiger partial charge in [-0.05, 0) is 19.8 Å². The number of aliphatic hydroxyl groups excluding tert-OH is 1. The molecule has 138 valence electrons. The van der Waals surface area contributed by atoms with E-state index in [1.807, 2.05) is 13.0 Å². The van der Waals surface area contributed by atoms with Gasteiger partial charge >= 0.3 is 0 Å². The Balaban J connectivity index is 3.30. The number of nitrogens with two attached hydrogens (primary N) is 1. The largest absolute Gasteiger partial charge is 0.387 e. The molecule has 0 fully saturated rings. The Hall–Kier alpha value is -0.380. The number of allylic oxidation sites excluding steroid dienone is 1. The SMILES string of the molecule is CCCCCCCCCCCCC/C=C/[C@@H](O)[C@@H](N)COCC. The standard InChI is InChI=1S/C20H41NO2/c1-3-5-6-7-8-9-10-11-12-13-14-15-16-17-20(22)19(21)18-23-4-2/h16-17,19-20,22H,3-15,18,21H2,1-2H3/b17-16+/t19-,20+/m0/s1. The molecular formula is C20H41NO2. The van der Waals surface area contributed by atoms with Gasteiger partial charge in [-0.1, -0.05) is 83.3 Å². The quantitative estimate of drug-likeness (QED) is 0.293. The lowest BCUT2D eigenvalue weighted by Gasteiger charge is -2.15. The van der Waals surface area contributed by atoms with Crippen LogP contribution in [0.25, 0.3) is 0 Å². The molecule has 3 nitrogen and oxygen atoms in total. The molecular weight excluding hydrogens is 286 g/mol. The Morgan fingerprint density at radius 3 is 1.91 bits per heavy atom. The molecule has 0 radical (unpaired) electrons. The van der Waals surface area contributed by atoms with E-state index in [1.54, 1.807) is 0 Å². The fourth-order valence-corrected chi connectivity index (χ4v) is 2.66. The van der Waals surface area contributed by atoms with Crippen LogP contribution < -0.4 is 5.73 Å². The minimum Gasteiger partial charge on any atom is -0.387 e. The molecule has 0 aliphatic carbocycles. The first-order valence-electron chi connectivity index (χ1n) is 9.90. The number of unbranched alkanes of at least 4 members (excludes halogenated alkanes) is 11. The lowest BCUT2D eigenvalue weighted by Crippen LogP contribution is -2.37. The zero-order chi connectivity index (χ0) is 17.2. The molecule has 23 heavy (non-hydrogen) atoms.